The van der Waals surface area contributed by atoms with Gasteiger partial charge >= 0.3 is 57.9 Å². The molecule has 308 valence electrons. The minimum atomic E-state index is -3.76. The van der Waals surface area contributed by atoms with Gasteiger partial charge in [0.15, 0.2) is 0 Å². The number of thiol groups is 1. The van der Waals surface area contributed by atoms with E-state index < -0.39 is 28.3 Å². The van der Waals surface area contributed by atoms with E-state index in [0.717, 1.165) is 51.2 Å². The van der Waals surface area contributed by atoms with Crippen molar-refractivity contribution in [2.24, 2.45) is 0 Å². The van der Waals surface area contributed by atoms with E-state index in [1.807, 2.05) is 6.92 Å². The second-order valence-electron chi connectivity index (χ2n) is 13.1. The van der Waals surface area contributed by atoms with Gasteiger partial charge in [0.05, 0.1) is 25.4 Å². The van der Waals surface area contributed by atoms with Gasteiger partial charge in [0, 0.05) is 24.1 Å². The number of rotatable bonds is 31. The van der Waals surface area contributed by atoms with Crippen LogP contribution in [-0.2, 0) is 46.8 Å². The number of unbranched alkanes of at least 4 members (excludes halogenated alkanes) is 19. The third-order valence-electron chi connectivity index (χ3n) is 7.63. The van der Waals surface area contributed by atoms with Gasteiger partial charge in [0.2, 0.25) is 0 Å². The van der Waals surface area contributed by atoms with Crippen molar-refractivity contribution in [2.45, 2.75) is 183 Å². The van der Waals surface area contributed by atoms with Gasteiger partial charge in [0.1, 0.15) is 6.26 Å². The first-order valence-electron chi connectivity index (χ1n) is 19.5. The van der Waals surface area contributed by atoms with Crippen LogP contribution in [0.5, 0.6) is 0 Å². The molecule has 0 heterocycles. The fourth-order valence-corrected chi connectivity index (χ4v) is 5.19. The first-order valence-corrected chi connectivity index (χ1v) is 21.2. The number of carbonyl (C=O) groups excluding carboxylic acids is 3. The summed E-state index contributed by atoms with van der Waals surface area (Å²) in [4.78, 5) is 33.0. The Morgan fingerprint density at radius 2 is 0.887 bits per heavy atom. The Morgan fingerprint density at radius 3 is 1.23 bits per heavy atom. The van der Waals surface area contributed by atoms with Gasteiger partial charge in [-0.05, 0) is 40.0 Å². The SMILES string of the molecule is C=C(C)C(=O)OC=C(C)C(=O)OCCCCCCCCCCCC.C=C(C)C(=O)OS.CCCCCCCCCCCCOS(=O)(=O)OCCCC.[H-].[Na+]. The van der Waals surface area contributed by atoms with E-state index in [-0.39, 0.29) is 55.3 Å². The standard InChI is InChI=1S/C20H34O4.C16H34O4S.C4H6O2S.Na.H/c1-5-6-7-8-9-10-11-12-13-14-15-23-20(22)18(4)16-24-19(21)17(2)3;1-3-5-7-8-9-10-11-12-13-14-16-20-21(17,18)19-15-6-4-2;1-3(2)4(5)6-7;;/h16H,2,5-15H2,1,3-4H3;3-16H2,1-2H3;7H,1H2,2H3;;/q;;;+1;-1. The zero-order chi connectivity index (χ0) is 39.9. The fourth-order valence-electron chi connectivity index (χ4n) is 4.33. The van der Waals surface area contributed by atoms with Crippen molar-refractivity contribution in [3.05, 3.63) is 36.1 Å². The average Bonchev–Trinajstić information content (AvgIpc) is 3.11. The van der Waals surface area contributed by atoms with Gasteiger partial charge in [-0.15, -0.1) is 0 Å². The van der Waals surface area contributed by atoms with E-state index in [2.05, 4.69) is 44.1 Å². The average molecular weight is 803 g/mol. The van der Waals surface area contributed by atoms with Gasteiger partial charge in [-0.25, -0.2) is 22.7 Å². The van der Waals surface area contributed by atoms with Gasteiger partial charge in [0.25, 0.3) is 0 Å². The maximum Gasteiger partial charge on any atom is 1.00 e. The van der Waals surface area contributed by atoms with Crippen LogP contribution in [0.4, 0.5) is 0 Å². The van der Waals surface area contributed by atoms with Crippen molar-refractivity contribution in [3.63, 3.8) is 0 Å². The molecule has 0 aromatic rings. The normalized spacial score (nSPS) is 10.8. The van der Waals surface area contributed by atoms with Crippen LogP contribution in [0.15, 0.2) is 36.1 Å². The third-order valence-corrected chi connectivity index (χ3v) is 8.70. The van der Waals surface area contributed by atoms with E-state index in [0.29, 0.717) is 12.2 Å². The molecule has 0 aromatic carbocycles. The first-order chi connectivity index (χ1) is 24.8. The van der Waals surface area contributed by atoms with Crippen LogP contribution in [0.25, 0.3) is 0 Å². The van der Waals surface area contributed by atoms with Crippen LogP contribution in [-0.4, -0.2) is 46.1 Å². The quantitative estimate of drug-likeness (QED) is 0.0106. The van der Waals surface area contributed by atoms with Crippen LogP contribution in [0.3, 0.4) is 0 Å². The van der Waals surface area contributed by atoms with Crippen LogP contribution >= 0.6 is 12.9 Å². The molecule has 0 N–H and O–H groups in total. The molecule has 0 aliphatic rings. The molecule has 10 nitrogen and oxygen atoms in total. The molecule has 0 aliphatic heterocycles. The van der Waals surface area contributed by atoms with Crippen molar-refractivity contribution in [2.75, 3.05) is 19.8 Å². The minimum absolute atomic E-state index is 0. The zero-order valence-electron chi connectivity index (χ0n) is 35.6. The molecular weight excluding hydrogens is 728 g/mol. The molecule has 0 bridgehead atoms. The van der Waals surface area contributed by atoms with Gasteiger partial charge in [-0.2, -0.15) is 8.42 Å². The Hall–Kier alpha value is -1.15. The Bertz CT molecular complexity index is 1070. The molecule has 0 saturated heterocycles. The molecular formula is C40H75NaO10S2. The van der Waals surface area contributed by atoms with Gasteiger partial charge in [-0.1, -0.05) is 156 Å². The summed E-state index contributed by atoms with van der Waals surface area (Å²) in [7, 11) is -3.76. The van der Waals surface area contributed by atoms with Gasteiger partial charge < -0.3 is 15.1 Å². The van der Waals surface area contributed by atoms with E-state index in [9.17, 15) is 22.8 Å². The molecule has 0 spiro atoms. The molecule has 0 aliphatic carbocycles. The summed E-state index contributed by atoms with van der Waals surface area (Å²) in [5.74, 6) is -1.47. The zero-order valence-corrected chi connectivity index (χ0v) is 38.3. The molecule has 0 amide bonds. The fraction of sp³-hybridized carbons (Fsp3) is 0.775. The van der Waals surface area contributed by atoms with E-state index in [1.165, 1.54) is 96.3 Å². The number of hydrogen-bond acceptors (Lipinski definition) is 11. The van der Waals surface area contributed by atoms with Crippen LogP contribution in [0.2, 0.25) is 0 Å². The summed E-state index contributed by atoms with van der Waals surface area (Å²) in [6.45, 7) is 18.8. The number of hydrogen-bond donors (Lipinski definition) is 1. The molecule has 0 fully saturated rings. The topological polar surface area (TPSA) is 132 Å². The second kappa shape index (κ2) is 43.6. The summed E-state index contributed by atoms with van der Waals surface area (Å²) in [6, 6.07) is 0. The van der Waals surface area contributed by atoms with Crippen LogP contribution in [0.1, 0.15) is 184 Å². The van der Waals surface area contributed by atoms with E-state index in [1.54, 1.807) is 20.8 Å². The molecule has 13 heteroatoms. The van der Waals surface area contributed by atoms with Crippen molar-refractivity contribution in [1.29, 1.82) is 0 Å². The molecule has 0 aromatic heterocycles. The van der Waals surface area contributed by atoms with Crippen molar-refractivity contribution >= 4 is 41.2 Å². The maximum atomic E-state index is 11.7. The molecule has 53 heavy (non-hydrogen) atoms. The predicted molar refractivity (Wildman–Crippen MR) is 216 cm³/mol. The van der Waals surface area contributed by atoms with Crippen LogP contribution < -0.4 is 29.6 Å². The van der Waals surface area contributed by atoms with Crippen molar-refractivity contribution in [1.82, 2.24) is 0 Å². The van der Waals surface area contributed by atoms with E-state index in [4.69, 9.17) is 17.8 Å². The number of carbonyl (C=O) groups is 3. The molecule has 0 saturated carbocycles. The summed E-state index contributed by atoms with van der Waals surface area (Å²) in [5.41, 5.74) is 0.921. The molecule has 0 atom stereocenters. The van der Waals surface area contributed by atoms with Gasteiger partial charge in [-0.3, -0.25) is 0 Å². The minimum Gasteiger partial charge on any atom is -1.00 e. The Kier molecular flexibility index (Phi) is 48.1. The maximum absolute atomic E-state index is 11.7. The second-order valence-corrected chi connectivity index (χ2v) is 14.5. The van der Waals surface area contributed by atoms with Crippen molar-refractivity contribution < 1.29 is 75.8 Å². The predicted octanol–water partition coefficient (Wildman–Crippen LogP) is 8.53. The van der Waals surface area contributed by atoms with Crippen LogP contribution in [0, 0.1) is 0 Å². The third kappa shape index (κ3) is 46.9. The largest absolute Gasteiger partial charge is 1.00 e. The monoisotopic (exact) mass is 802 g/mol. The summed E-state index contributed by atoms with van der Waals surface area (Å²) >= 11 is 3.24. The molecule has 0 radical (unpaired) electrons. The van der Waals surface area contributed by atoms with Crippen molar-refractivity contribution in [3.8, 4) is 0 Å². The van der Waals surface area contributed by atoms with E-state index >= 15 is 0 Å². The molecule has 0 unspecified atom stereocenters. The Morgan fingerprint density at radius 1 is 0.547 bits per heavy atom. The first kappa shape index (κ1) is 58.6. The summed E-state index contributed by atoms with van der Waals surface area (Å²) in [5, 5.41) is 0. The molecule has 0 rings (SSSR count). The summed E-state index contributed by atoms with van der Waals surface area (Å²) < 4.78 is 46.1. The smallest absolute Gasteiger partial charge is 1.00 e. The Labute approximate surface area is 353 Å². The summed E-state index contributed by atoms with van der Waals surface area (Å²) in [6.07, 6.45) is 27.4. The number of esters is 2. The number of ether oxygens (including phenoxy) is 2. The Balaban J connectivity index is -0.000000245.